The summed E-state index contributed by atoms with van der Waals surface area (Å²) in [4.78, 5) is 2.57. The molecule has 136 valence electrons. The van der Waals surface area contributed by atoms with E-state index in [0.717, 1.165) is 37.6 Å². The number of ether oxygens (including phenoxy) is 1. The van der Waals surface area contributed by atoms with Gasteiger partial charge in [0.15, 0.2) is 0 Å². The molecule has 4 aliphatic rings. The maximum Gasteiger partial charge on any atom is 0.119 e. The minimum Gasteiger partial charge on any atom is -0.497 e. The van der Waals surface area contributed by atoms with Gasteiger partial charge in [0.05, 0.1) is 18.8 Å². The van der Waals surface area contributed by atoms with Gasteiger partial charge in [-0.05, 0) is 80.7 Å². The van der Waals surface area contributed by atoms with Gasteiger partial charge in [0.25, 0.3) is 0 Å². The molecule has 4 atom stereocenters. The molecular weight excluding hydrogens is 314 g/mol. The van der Waals surface area contributed by atoms with Gasteiger partial charge in [0.2, 0.25) is 0 Å². The molecule has 1 aromatic carbocycles. The summed E-state index contributed by atoms with van der Waals surface area (Å²) in [5.74, 6) is 1.69. The maximum absolute atomic E-state index is 12.0. The minimum atomic E-state index is -0.723. The number of nitrogens with zero attached hydrogens (tertiary/aromatic N) is 1. The molecular formula is C21H29NO3. The van der Waals surface area contributed by atoms with E-state index >= 15 is 0 Å². The minimum absolute atomic E-state index is 0.190. The van der Waals surface area contributed by atoms with Gasteiger partial charge in [-0.3, -0.25) is 4.90 Å². The van der Waals surface area contributed by atoms with Gasteiger partial charge in [-0.2, -0.15) is 0 Å². The zero-order chi connectivity index (χ0) is 17.2. The lowest BCUT2D eigenvalue weighted by Crippen LogP contribution is -2.73. The number of fused-ring (bicyclic) bond motifs is 1. The highest BCUT2D eigenvalue weighted by molar-refractivity contribution is 5.48. The smallest absolute Gasteiger partial charge is 0.119 e. The van der Waals surface area contributed by atoms with E-state index in [0.29, 0.717) is 19.3 Å². The van der Waals surface area contributed by atoms with Gasteiger partial charge in [-0.25, -0.2) is 0 Å². The highest BCUT2D eigenvalue weighted by Gasteiger charge is 2.64. The summed E-state index contributed by atoms with van der Waals surface area (Å²) in [5, 5.41) is 22.5. The van der Waals surface area contributed by atoms with Gasteiger partial charge in [0.1, 0.15) is 5.75 Å². The SMILES string of the molecule is COc1ccc2c(c1)[C@]13CCN(CC4CC4)[C@H](C2)[C@]1(O)CC[C@H](O)C3. The Balaban J connectivity index is 1.63. The molecule has 4 heteroatoms. The van der Waals surface area contributed by atoms with E-state index in [4.69, 9.17) is 4.74 Å². The van der Waals surface area contributed by atoms with Crippen molar-refractivity contribution < 1.29 is 14.9 Å². The molecule has 1 heterocycles. The molecule has 2 N–H and O–H groups in total. The van der Waals surface area contributed by atoms with E-state index in [1.54, 1.807) is 7.11 Å². The van der Waals surface area contributed by atoms with Crippen molar-refractivity contribution in [2.45, 2.75) is 68.1 Å². The highest BCUT2D eigenvalue weighted by atomic mass is 16.5. The van der Waals surface area contributed by atoms with E-state index < -0.39 is 5.60 Å². The first-order valence-corrected chi connectivity index (χ1v) is 9.88. The standard InChI is InChI=1S/C21H29NO3/c1-25-17-5-4-15-10-19-21(24)7-6-16(23)12-20(21,18(15)11-17)8-9-22(19)13-14-2-3-14/h4-5,11,14,16,19,23-24H,2-3,6-10,12-13H2,1H3/t16-,19+,20+,21+/m0/s1. The first-order valence-electron chi connectivity index (χ1n) is 9.88. The van der Waals surface area contributed by atoms with Crippen LogP contribution < -0.4 is 4.74 Å². The van der Waals surface area contributed by atoms with Crippen LogP contribution in [-0.2, 0) is 11.8 Å². The number of aliphatic hydroxyl groups is 2. The number of likely N-dealkylation sites (tertiary alicyclic amines) is 1. The van der Waals surface area contributed by atoms with Gasteiger partial charge in [-0.15, -0.1) is 0 Å². The molecule has 1 saturated heterocycles. The van der Waals surface area contributed by atoms with Crippen molar-refractivity contribution in [3.05, 3.63) is 29.3 Å². The summed E-state index contributed by atoms with van der Waals surface area (Å²) in [6, 6.07) is 6.55. The zero-order valence-corrected chi connectivity index (χ0v) is 15.1. The van der Waals surface area contributed by atoms with E-state index in [2.05, 4.69) is 17.0 Å². The predicted molar refractivity (Wildman–Crippen MR) is 95.9 cm³/mol. The largest absolute Gasteiger partial charge is 0.497 e. The van der Waals surface area contributed by atoms with Crippen LogP contribution in [0.3, 0.4) is 0 Å². The molecule has 5 rings (SSSR count). The predicted octanol–water partition coefficient (Wildman–Crippen LogP) is 2.25. The Morgan fingerprint density at radius 2 is 2.08 bits per heavy atom. The van der Waals surface area contributed by atoms with Crippen LogP contribution in [0.15, 0.2) is 18.2 Å². The van der Waals surface area contributed by atoms with Crippen LogP contribution in [0, 0.1) is 5.92 Å². The number of methoxy groups -OCH3 is 1. The zero-order valence-electron chi connectivity index (χ0n) is 15.1. The summed E-state index contributed by atoms with van der Waals surface area (Å²) in [5.41, 5.74) is 1.52. The van der Waals surface area contributed by atoms with Crippen LogP contribution in [0.4, 0.5) is 0 Å². The molecule has 0 radical (unpaired) electrons. The van der Waals surface area contributed by atoms with Gasteiger partial charge < -0.3 is 14.9 Å². The van der Waals surface area contributed by atoms with Crippen LogP contribution >= 0.6 is 0 Å². The Morgan fingerprint density at radius 3 is 2.84 bits per heavy atom. The van der Waals surface area contributed by atoms with Crippen molar-refractivity contribution in [2.24, 2.45) is 5.92 Å². The fourth-order valence-corrected chi connectivity index (χ4v) is 6.04. The molecule has 0 unspecified atom stereocenters. The number of hydrogen-bond acceptors (Lipinski definition) is 4. The lowest BCUT2D eigenvalue weighted by molar-refractivity contribution is -0.182. The molecule has 2 bridgehead atoms. The molecule has 3 fully saturated rings. The lowest BCUT2D eigenvalue weighted by Gasteiger charge is -2.64. The fourth-order valence-electron chi connectivity index (χ4n) is 6.04. The third-order valence-electron chi connectivity index (χ3n) is 7.52. The topological polar surface area (TPSA) is 52.9 Å². The van der Waals surface area contributed by atoms with Crippen molar-refractivity contribution in [1.82, 2.24) is 4.90 Å². The number of hydrogen-bond donors (Lipinski definition) is 2. The van der Waals surface area contributed by atoms with Crippen LogP contribution in [0.2, 0.25) is 0 Å². The first-order chi connectivity index (χ1) is 12.1. The second-order valence-corrected chi connectivity index (χ2v) is 8.83. The molecule has 0 spiro atoms. The summed E-state index contributed by atoms with van der Waals surface area (Å²) >= 11 is 0. The molecule has 2 saturated carbocycles. The number of aliphatic hydroxyl groups excluding tert-OH is 1. The Kier molecular flexibility index (Phi) is 3.51. The second-order valence-electron chi connectivity index (χ2n) is 8.83. The van der Waals surface area contributed by atoms with E-state index in [9.17, 15) is 10.2 Å². The Morgan fingerprint density at radius 1 is 1.24 bits per heavy atom. The molecule has 3 aliphatic carbocycles. The normalized spacial score (nSPS) is 40.3. The highest BCUT2D eigenvalue weighted by Crippen LogP contribution is 2.58. The van der Waals surface area contributed by atoms with Crippen LogP contribution in [-0.4, -0.2) is 53.1 Å². The third kappa shape index (κ3) is 2.23. The molecule has 25 heavy (non-hydrogen) atoms. The summed E-state index contributed by atoms with van der Waals surface area (Å²) in [6.45, 7) is 2.17. The average molecular weight is 343 g/mol. The Bertz CT molecular complexity index is 688. The first kappa shape index (κ1) is 16.1. The second kappa shape index (κ2) is 5.45. The van der Waals surface area contributed by atoms with Crippen molar-refractivity contribution in [1.29, 1.82) is 0 Å². The summed E-state index contributed by atoms with van der Waals surface area (Å²) < 4.78 is 5.48. The van der Waals surface area contributed by atoms with Crippen LogP contribution in [0.25, 0.3) is 0 Å². The van der Waals surface area contributed by atoms with Crippen molar-refractivity contribution in [3.63, 3.8) is 0 Å². The monoisotopic (exact) mass is 343 g/mol. The molecule has 0 amide bonds. The van der Waals surface area contributed by atoms with E-state index in [-0.39, 0.29) is 17.6 Å². The molecule has 4 nitrogen and oxygen atoms in total. The molecule has 1 aromatic rings. The average Bonchev–Trinajstić information content (AvgIpc) is 3.42. The summed E-state index contributed by atoms with van der Waals surface area (Å²) in [6.07, 6.45) is 6.33. The van der Waals surface area contributed by atoms with E-state index in [1.165, 1.54) is 24.0 Å². The van der Waals surface area contributed by atoms with Gasteiger partial charge in [-0.1, -0.05) is 6.07 Å². The number of benzene rings is 1. The van der Waals surface area contributed by atoms with Crippen molar-refractivity contribution in [2.75, 3.05) is 20.2 Å². The van der Waals surface area contributed by atoms with Crippen LogP contribution in [0.1, 0.15) is 49.7 Å². The quantitative estimate of drug-likeness (QED) is 0.884. The van der Waals surface area contributed by atoms with Crippen molar-refractivity contribution in [3.8, 4) is 5.75 Å². The number of piperidine rings is 1. The lowest BCUT2D eigenvalue weighted by atomic mass is 9.49. The van der Waals surface area contributed by atoms with Crippen molar-refractivity contribution >= 4 is 0 Å². The molecule has 1 aliphatic heterocycles. The fraction of sp³-hybridized carbons (Fsp3) is 0.714. The number of rotatable bonds is 3. The third-order valence-corrected chi connectivity index (χ3v) is 7.52. The van der Waals surface area contributed by atoms with Gasteiger partial charge >= 0.3 is 0 Å². The Labute approximate surface area is 149 Å². The maximum atomic E-state index is 12.0. The van der Waals surface area contributed by atoms with E-state index in [1.807, 2.05) is 6.07 Å². The summed E-state index contributed by atoms with van der Waals surface area (Å²) in [7, 11) is 1.70. The van der Waals surface area contributed by atoms with Gasteiger partial charge in [0, 0.05) is 18.0 Å². The Hall–Kier alpha value is -1.10. The van der Waals surface area contributed by atoms with Crippen LogP contribution in [0.5, 0.6) is 5.75 Å². The molecule has 0 aromatic heterocycles.